The maximum absolute atomic E-state index is 12.1. The van der Waals surface area contributed by atoms with Crippen LogP contribution in [0.25, 0.3) is 0 Å². The summed E-state index contributed by atoms with van der Waals surface area (Å²) >= 11 is 0. The van der Waals surface area contributed by atoms with Crippen LogP contribution in [0, 0.1) is 5.41 Å². The predicted molar refractivity (Wildman–Crippen MR) is 73.5 cm³/mol. The Kier molecular flexibility index (Phi) is 5.20. The van der Waals surface area contributed by atoms with E-state index in [2.05, 4.69) is 4.74 Å². The maximum atomic E-state index is 12.1. The van der Waals surface area contributed by atoms with E-state index >= 15 is 0 Å². The zero-order valence-corrected chi connectivity index (χ0v) is 13.2. The average Bonchev–Trinajstić information content (AvgIpc) is 2.81. The molecule has 7 heteroatoms. The van der Waals surface area contributed by atoms with Crippen molar-refractivity contribution < 1.29 is 28.6 Å². The zero-order valence-electron chi connectivity index (χ0n) is 13.2. The number of carbonyl (C=O) groups excluding carboxylic acids is 3. The van der Waals surface area contributed by atoms with Gasteiger partial charge in [-0.3, -0.25) is 9.59 Å². The number of amides is 1. The minimum atomic E-state index is -1.06. The zero-order chi connectivity index (χ0) is 16.3. The monoisotopic (exact) mass is 301 g/mol. The maximum Gasteiger partial charge on any atom is 0.410 e. The molecule has 0 saturated carbocycles. The van der Waals surface area contributed by atoms with Crippen molar-refractivity contribution in [2.75, 3.05) is 27.3 Å². The van der Waals surface area contributed by atoms with Crippen LogP contribution in [-0.2, 0) is 23.8 Å². The van der Waals surface area contributed by atoms with E-state index < -0.39 is 29.0 Å². The van der Waals surface area contributed by atoms with Crippen LogP contribution in [0.15, 0.2) is 0 Å². The molecule has 1 saturated heterocycles. The average molecular weight is 301 g/mol. The van der Waals surface area contributed by atoms with Gasteiger partial charge in [0.05, 0.1) is 26.1 Å². The molecule has 1 amide bonds. The summed E-state index contributed by atoms with van der Waals surface area (Å²) < 4.78 is 14.7. The summed E-state index contributed by atoms with van der Waals surface area (Å²) in [5.74, 6) is -1.02. The lowest BCUT2D eigenvalue weighted by Crippen LogP contribution is -2.41. The van der Waals surface area contributed by atoms with Crippen LogP contribution in [0.3, 0.4) is 0 Å². The van der Waals surface area contributed by atoms with Crippen molar-refractivity contribution in [2.24, 2.45) is 5.41 Å². The van der Waals surface area contributed by atoms with Crippen molar-refractivity contribution in [3.63, 3.8) is 0 Å². The van der Waals surface area contributed by atoms with Crippen LogP contribution >= 0.6 is 0 Å². The summed E-state index contributed by atoms with van der Waals surface area (Å²) in [6.45, 7) is 5.72. The molecule has 1 fully saturated rings. The molecule has 0 radical (unpaired) electrons. The van der Waals surface area contributed by atoms with Gasteiger partial charge in [-0.2, -0.15) is 0 Å². The Labute approximate surface area is 124 Å². The highest BCUT2D eigenvalue weighted by Crippen LogP contribution is 2.36. The summed E-state index contributed by atoms with van der Waals surface area (Å²) in [6.07, 6.45) is -0.276. The van der Waals surface area contributed by atoms with Crippen LogP contribution in [0.2, 0.25) is 0 Å². The second-order valence-electron chi connectivity index (χ2n) is 6.18. The van der Waals surface area contributed by atoms with Gasteiger partial charge in [-0.15, -0.1) is 0 Å². The van der Waals surface area contributed by atoms with Crippen molar-refractivity contribution >= 4 is 18.0 Å². The molecule has 1 unspecified atom stereocenters. The smallest absolute Gasteiger partial charge is 0.410 e. The number of hydrogen-bond donors (Lipinski definition) is 0. The van der Waals surface area contributed by atoms with Gasteiger partial charge < -0.3 is 19.1 Å². The molecule has 7 nitrogen and oxygen atoms in total. The molecule has 1 rings (SSSR count). The largest absolute Gasteiger partial charge is 0.469 e. The number of nitrogens with zero attached hydrogens (tertiary/aromatic N) is 1. The second-order valence-corrected chi connectivity index (χ2v) is 6.18. The number of likely N-dealkylation sites (tertiary alicyclic amines) is 1. The molecule has 1 aliphatic rings. The lowest BCUT2D eigenvalue weighted by atomic mass is 9.83. The number of carbonyl (C=O) groups is 3. The van der Waals surface area contributed by atoms with Crippen LogP contribution in [0.1, 0.15) is 33.6 Å². The summed E-state index contributed by atoms with van der Waals surface area (Å²) in [6, 6.07) is 0. The first kappa shape index (κ1) is 17.3. The highest BCUT2D eigenvalue weighted by atomic mass is 16.6. The molecule has 1 aliphatic heterocycles. The molecule has 0 aromatic carbocycles. The van der Waals surface area contributed by atoms with Crippen LogP contribution in [0.5, 0.6) is 0 Å². The summed E-state index contributed by atoms with van der Waals surface area (Å²) in [5.41, 5.74) is -1.67. The highest BCUT2D eigenvalue weighted by Gasteiger charge is 2.49. The first-order valence-corrected chi connectivity index (χ1v) is 6.77. The van der Waals surface area contributed by atoms with E-state index in [0.717, 1.165) is 0 Å². The molecular formula is C14H23NO6. The summed E-state index contributed by atoms with van der Waals surface area (Å²) in [5, 5.41) is 0. The number of ether oxygens (including phenoxy) is 3. The van der Waals surface area contributed by atoms with Gasteiger partial charge in [-0.1, -0.05) is 0 Å². The third-order valence-corrected chi connectivity index (χ3v) is 3.33. The van der Waals surface area contributed by atoms with E-state index in [-0.39, 0.29) is 13.0 Å². The predicted octanol–water partition coefficient (Wildman–Crippen LogP) is 1.35. The topological polar surface area (TPSA) is 82.1 Å². The Hall–Kier alpha value is -1.79. The molecule has 21 heavy (non-hydrogen) atoms. The third kappa shape index (κ3) is 4.34. The third-order valence-electron chi connectivity index (χ3n) is 3.33. The Bertz CT molecular complexity index is 428. The number of methoxy groups -OCH3 is 2. The Balaban J connectivity index is 2.83. The van der Waals surface area contributed by atoms with Gasteiger partial charge in [0.2, 0.25) is 0 Å². The van der Waals surface area contributed by atoms with Crippen LogP contribution in [0.4, 0.5) is 4.79 Å². The molecule has 0 spiro atoms. The standard InChI is InChI=1S/C14H23NO6/c1-13(2,3)21-12(18)15-7-6-14(9-15,11(17)20-5)8-10(16)19-4/h6-9H2,1-5H3. The van der Waals surface area contributed by atoms with Crippen molar-refractivity contribution in [3.05, 3.63) is 0 Å². The van der Waals surface area contributed by atoms with E-state index in [4.69, 9.17) is 9.47 Å². The first-order valence-electron chi connectivity index (χ1n) is 6.77. The Morgan fingerprint density at radius 1 is 1.14 bits per heavy atom. The fourth-order valence-electron chi connectivity index (χ4n) is 2.30. The van der Waals surface area contributed by atoms with Crippen molar-refractivity contribution in [2.45, 2.75) is 39.2 Å². The van der Waals surface area contributed by atoms with E-state index in [9.17, 15) is 14.4 Å². The van der Waals surface area contributed by atoms with Gasteiger partial charge in [0, 0.05) is 13.1 Å². The summed E-state index contributed by atoms with van der Waals surface area (Å²) in [4.78, 5) is 37.0. The van der Waals surface area contributed by atoms with Gasteiger partial charge in [0.25, 0.3) is 0 Å². The Morgan fingerprint density at radius 3 is 2.24 bits per heavy atom. The van der Waals surface area contributed by atoms with E-state index in [1.807, 2.05) is 0 Å². The number of hydrogen-bond acceptors (Lipinski definition) is 6. The molecule has 120 valence electrons. The van der Waals surface area contributed by atoms with Crippen molar-refractivity contribution in [3.8, 4) is 0 Å². The van der Waals surface area contributed by atoms with Gasteiger partial charge in [0.15, 0.2) is 0 Å². The molecular weight excluding hydrogens is 278 g/mol. The molecule has 1 heterocycles. The minimum Gasteiger partial charge on any atom is -0.469 e. The van der Waals surface area contributed by atoms with Gasteiger partial charge in [-0.05, 0) is 27.2 Å². The molecule has 1 atom stereocenters. The van der Waals surface area contributed by atoms with Gasteiger partial charge >= 0.3 is 18.0 Å². The van der Waals surface area contributed by atoms with Crippen molar-refractivity contribution in [1.82, 2.24) is 4.90 Å². The first-order chi connectivity index (χ1) is 9.63. The molecule has 0 aliphatic carbocycles. The molecule has 0 bridgehead atoms. The van der Waals surface area contributed by atoms with Gasteiger partial charge in [-0.25, -0.2) is 4.79 Å². The molecule has 0 aromatic rings. The molecule has 0 N–H and O–H groups in total. The quantitative estimate of drug-likeness (QED) is 0.578. The van der Waals surface area contributed by atoms with Crippen molar-refractivity contribution in [1.29, 1.82) is 0 Å². The lowest BCUT2D eigenvalue weighted by molar-refractivity contribution is -0.158. The van der Waals surface area contributed by atoms with Crippen LogP contribution < -0.4 is 0 Å². The fraction of sp³-hybridized carbons (Fsp3) is 0.786. The van der Waals surface area contributed by atoms with E-state index in [0.29, 0.717) is 13.0 Å². The Morgan fingerprint density at radius 2 is 1.76 bits per heavy atom. The lowest BCUT2D eigenvalue weighted by Gasteiger charge is -2.27. The SMILES string of the molecule is COC(=O)CC1(C(=O)OC)CCN(C(=O)OC(C)(C)C)C1. The highest BCUT2D eigenvalue weighted by molar-refractivity contribution is 5.85. The van der Waals surface area contributed by atoms with E-state index in [1.165, 1.54) is 19.1 Å². The van der Waals surface area contributed by atoms with E-state index in [1.54, 1.807) is 20.8 Å². The summed E-state index contributed by atoms with van der Waals surface area (Å²) in [7, 11) is 2.52. The van der Waals surface area contributed by atoms with Gasteiger partial charge in [0.1, 0.15) is 5.60 Å². The number of rotatable bonds is 3. The minimum absolute atomic E-state index is 0.0870. The fourth-order valence-corrected chi connectivity index (χ4v) is 2.30. The van der Waals surface area contributed by atoms with Crippen LogP contribution in [-0.4, -0.2) is 55.8 Å². The number of esters is 2. The second kappa shape index (κ2) is 6.32. The normalized spacial score (nSPS) is 21.9. The molecule has 0 aromatic heterocycles.